The van der Waals surface area contributed by atoms with Crippen molar-refractivity contribution in [3.05, 3.63) is 41.1 Å². The van der Waals surface area contributed by atoms with Crippen LogP contribution in [0.5, 0.6) is 0 Å². The van der Waals surface area contributed by atoms with Crippen LogP contribution in [0.2, 0.25) is 5.02 Å². The van der Waals surface area contributed by atoms with Gasteiger partial charge in [0.05, 0.1) is 24.0 Å². The number of nitrogens with one attached hydrogen (secondary N) is 1. The molecule has 3 rings (SSSR count). The number of nitrogens with zero attached hydrogens (tertiary/aromatic N) is 3. The summed E-state index contributed by atoms with van der Waals surface area (Å²) in [5.41, 5.74) is 0.241. The minimum absolute atomic E-state index is 0.145. The molecular formula is C14H15ClN4O2S. The van der Waals surface area contributed by atoms with Gasteiger partial charge in [0.1, 0.15) is 5.76 Å². The summed E-state index contributed by atoms with van der Waals surface area (Å²) < 4.78 is 5.23. The molecule has 0 unspecified atom stereocenters. The first-order valence-electron chi connectivity index (χ1n) is 6.90. The Hall–Kier alpha value is -1.73. The standard InChI is InChI=1S/C14H15ClN4O2S/c15-11-9-17-14(16-8-10-2-1-5-21-10)18-12(11)13(20)19-3-6-22-7-4-19/h1-2,5,9H,3-4,6-8H2,(H,16,17,18). The Morgan fingerprint density at radius 1 is 1.45 bits per heavy atom. The molecule has 3 heterocycles. The highest BCUT2D eigenvalue weighted by Gasteiger charge is 2.22. The molecule has 0 saturated carbocycles. The van der Waals surface area contributed by atoms with Crippen LogP contribution in [0.4, 0.5) is 5.95 Å². The smallest absolute Gasteiger partial charge is 0.274 e. The number of hydrogen-bond acceptors (Lipinski definition) is 6. The normalized spacial score (nSPS) is 14.9. The summed E-state index contributed by atoms with van der Waals surface area (Å²) in [6.45, 7) is 1.89. The third-order valence-corrected chi connectivity index (χ3v) is 4.46. The second-order valence-corrected chi connectivity index (χ2v) is 6.36. The molecule has 2 aromatic heterocycles. The Bertz CT molecular complexity index is 644. The van der Waals surface area contributed by atoms with E-state index in [2.05, 4.69) is 15.3 Å². The first-order chi connectivity index (χ1) is 10.7. The molecule has 6 nitrogen and oxygen atoms in total. The number of amides is 1. The number of carbonyl (C=O) groups excluding carboxylic acids is 1. The van der Waals surface area contributed by atoms with Crippen molar-refractivity contribution in [1.82, 2.24) is 14.9 Å². The molecule has 8 heteroatoms. The molecule has 0 spiro atoms. The third kappa shape index (κ3) is 3.53. The average Bonchev–Trinajstić information content (AvgIpc) is 3.08. The highest BCUT2D eigenvalue weighted by atomic mass is 35.5. The molecule has 1 saturated heterocycles. The highest BCUT2D eigenvalue weighted by molar-refractivity contribution is 7.99. The fraction of sp³-hybridized carbons (Fsp3) is 0.357. The van der Waals surface area contributed by atoms with Crippen molar-refractivity contribution in [3.63, 3.8) is 0 Å². The summed E-state index contributed by atoms with van der Waals surface area (Å²) in [5, 5.41) is 3.29. The Labute approximate surface area is 137 Å². The van der Waals surface area contributed by atoms with Gasteiger partial charge in [-0.15, -0.1) is 0 Å². The van der Waals surface area contributed by atoms with E-state index in [1.807, 2.05) is 23.9 Å². The minimum Gasteiger partial charge on any atom is -0.467 e. The van der Waals surface area contributed by atoms with Gasteiger partial charge in [-0.1, -0.05) is 11.6 Å². The number of thioether (sulfide) groups is 1. The van der Waals surface area contributed by atoms with E-state index >= 15 is 0 Å². The van der Waals surface area contributed by atoms with Gasteiger partial charge in [0, 0.05) is 24.6 Å². The van der Waals surface area contributed by atoms with E-state index in [1.165, 1.54) is 6.20 Å². The van der Waals surface area contributed by atoms with Gasteiger partial charge in [0.2, 0.25) is 5.95 Å². The highest BCUT2D eigenvalue weighted by Crippen LogP contribution is 2.19. The first kappa shape index (κ1) is 15.2. The van der Waals surface area contributed by atoms with Crippen LogP contribution in [0.1, 0.15) is 16.2 Å². The maximum absolute atomic E-state index is 12.5. The summed E-state index contributed by atoms with van der Waals surface area (Å²) in [6, 6.07) is 3.66. The van der Waals surface area contributed by atoms with E-state index in [1.54, 1.807) is 11.2 Å². The van der Waals surface area contributed by atoms with E-state index in [0.717, 1.165) is 30.4 Å². The lowest BCUT2D eigenvalue weighted by molar-refractivity contribution is 0.0766. The number of anilines is 1. The predicted molar refractivity (Wildman–Crippen MR) is 86.3 cm³/mol. The lowest BCUT2D eigenvalue weighted by atomic mass is 10.3. The van der Waals surface area contributed by atoms with Crippen LogP contribution in [0.3, 0.4) is 0 Å². The SMILES string of the molecule is O=C(c1nc(NCc2ccco2)ncc1Cl)N1CCSCC1. The average molecular weight is 339 g/mol. The molecule has 0 aliphatic carbocycles. The van der Waals surface area contributed by atoms with Gasteiger partial charge in [-0.25, -0.2) is 9.97 Å². The fourth-order valence-corrected chi connectivity index (χ4v) is 3.17. The molecule has 116 valence electrons. The molecule has 1 amide bonds. The van der Waals surface area contributed by atoms with Gasteiger partial charge in [0.15, 0.2) is 5.69 Å². The van der Waals surface area contributed by atoms with Crippen LogP contribution in [0.15, 0.2) is 29.0 Å². The van der Waals surface area contributed by atoms with Crippen molar-refractivity contribution in [2.24, 2.45) is 0 Å². The molecule has 1 aliphatic heterocycles. The topological polar surface area (TPSA) is 71.3 Å². The molecule has 1 fully saturated rings. The Kier molecular flexibility index (Phi) is 4.84. The van der Waals surface area contributed by atoms with Crippen molar-refractivity contribution in [2.75, 3.05) is 29.9 Å². The van der Waals surface area contributed by atoms with Gasteiger partial charge >= 0.3 is 0 Å². The first-order valence-corrected chi connectivity index (χ1v) is 8.43. The minimum atomic E-state index is -0.145. The monoisotopic (exact) mass is 338 g/mol. The summed E-state index contributed by atoms with van der Waals surface area (Å²) >= 11 is 7.93. The van der Waals surface area contributed by atoms with Crippen LogP contribution in [-0.4, -0.2) is 45.4 Å². The van der Waals surface area contributed by atoms with Gasteiger partial charge in [-0.05, 0) is 12.1 Å². The lowest BCUT2D eigenvalue weighted by Gasteiger charge is -2.26. The second kappa shape index (κ2) is 7.02. The van der Waals surface area contributed by atoms with E-state index in [0.29, 0.717) is 12.5 Å². The number of halogens is 1. The maximum Gasteiger partial charge on any atom is 0.274 e. The van der Waals surface area contributed by atoms with Crippen LogP contribution >= 0.6 is 23.4 Å². The molecule has 1 N–H and O–H groups in total. The summed E-state index contributed by atoms with van der Waals surface area (Å²) in [6.07, 6.45) is 3.05. The van der Waals surface area contributed by atoms with Gasteiger partial charge in [-0.2, -0.15) is 11.8 Å². The largest absolute Gasteiger partial charge is 0.467 e. The van der Waals surface area contributed by atoms with E-state index in [9.17, 15) is 4.79 Å². The van der Waals surface area contributed by atoms with Crippen molar-refractivity contribution in [3.8, 4) is 0 Å². The molecule has 2 aromatic rings. The molecule has 22 heavy (non-hydrogen) atoms. The zero-order valence-electron chi connectivity index (χ0n) is 11.8. The van der Waals surface area contributed by atoms with Crippen LogP contribution < -0.4 is 5.32 Å². The summed E-state index contributed by atoms with van der Waals surface area (Å²) in [4.78, 5) is 22.6. The molecule has 0 bridgehead atoms. The summed E-state index contributed by atoms with van der Waals surface area (Å²) in [5.74, 6) is 2.86. The second-order valence-electron chi connectivity index (χ2n) is 4.73. The fourth-order valence-electron chi connectivity index (χ4n) is 2.10. The van der Waals surface area contributed by atoms with Crippen molar-refractivity contribution in [1.29, 1.82) is 0 Å². The number of aromatic nitrogens is 2. The van der Waals surface area contributed by atoms with Crippen molar-refractivity contribution < 1.29 is 9.21 Å². The van der Waals surface area contributed by atoms with Gasteiger partial charge < -0.3 is 14.6 Å². The zero-order valence-corrected chi connectivity index (χ0v) is 13.4. The quantitative estimate of drug-likeness (QED) is 0.923. The zero-order chi connectivity index (χ0) is 15.4. The number of carbonyl (C=O) groups is 1. The Balaban J connectivity index is 1.72. The van der Waals surface area contributed by atoms with E-state index in [-0.39, 0.29) is 16.6 Å². The van der Waals surface area contributed by atoms with Crippen molar-refractivity contribution >= 4 is 35.2 Å². The predicted octanol–water partition coefficient (Wildman–Crippen LogP) is 2.52. The van der Waals surface area contributed by atoms with Gasteiger partial charge in [0.25, 0.3) is 5.91 Å². The van der Waals surface area contributed by atoms with Crippen LogP contribution in [-0.2, 0) is 6.54 Å². The maximum atomic E-state index is 12.5. The van der Waals surface area contributed by atoms with Crippen molar-refractivity contribution in [2.45, 2.75) is 6.54 Å². The lowest BCUT2D eigenvalue weighted by Crippen LogP contribution is -2.38. The number of rotatable bonds is 4. The van der Waals surface area contributed by atoms with E-state index < -0.39 is 0 Å². The number of hydrogen-bond donors (Lipinski definition) is 1. The van der Waals surface area contributed by atoms with E-state index in [4.69, 9.17) is 16.0 Å². The number of furan rings is 1. The molecular weight excluding hydrogens is 324 g/mol. The molecule has 1 aliphatic rings. The third-order valence-electron chi connectivity index (χ3n) is 3.25. The molecule has 0 atom stereocenters. The Morgan fingerprint density at radius 3 is 3.00 bits per heavy atom. The molecule has 0 radical (unpaired) electrons. The van der Waals surface area contributed by atoms with Crippen LogP contribution in [0.25, 0.3) is 0 Å². The Morgan fingerprint density at radius 2 is 2.27 bits per heavy atom. The summed E-state index contributed by atoms with van der Waals surface area (Å²) in [7, 11) is 0. The van der Waals surface area contributed by atoms with Crippen LogP contribution in [0, 0.1) is 0 Å². The molecule has 0 aromatic carbocycles. The van der Waals surface area contributed by atoms with Gasteiger partial charge in [-0.3, -0.25) is 4.79 Å².